The summed E-state index contributed by atoms with van der Waals surface area (Å²) in [5.74, 6) is 2.70. The average Bonchev–Trinajstić information content (AvgIpc) is 2.63. The summed E-state index contributed by atoms with van der Waals surface area (Å²) in [6.45, 7) is 8.28. The molecule has 1 fully saturated rings. The van der Waals surface area contributed by atoms with Crippen LogP contribution in [0.15, 0.2) is 0 Å². The van der Waals surface area contributed by atoms with Gasteiger partial charge in [0.25, 0.3) is 0 Å². The van der Waals surface area contributed by atoms with Crippen molar-refractivity contribution in [1.82, 2.24) is 15.1 Å². The van der Waals surface area contributed by atoms with Crippen LogP contribution in [0.4, 0.5) is 4.79 Å². The summed E-state index contributed by atoms with van der Waals surface area (Å²) in [5.41, 5.74) is 0. The monoisotopic (exact) mass is 279 g/mol. The molecule has 112 valence electrons. The van der Waals surface area contributed by atoms with Gasteiger partial charge in [0.05, 0.1) is 0 Å². The molecule has 0 aromatic heterocycles. The van der Waals surface area contributed by atoms with E-state index in [4.69, 9.17) is 6.42 Å². The second-order valence-corrected chi connectivity index (χ2v) is 5.58. The van der Waals surface area contributed by atoms with Crippen LogP contribution in [0, 0.1) is 18.3 Å². The summed E-state index contributed by atoms with van der Waals surface area (Å²) in [4.78, 5) is 27.7. The molecule has 1 aliphatic rings. The fourth-order valence-electron chi connectivity index (χ4n) is 2.24. The molecule has 1 unspecified atom stereocenters. The highest BCUT2D eigenvalue weighted by Gasteiger charge is 2.23. The van der Waals surface area contributed by atoms with Crippen LogP contribution >= 0.6 is 0 Å². The standard InChI is InChI=1S/C15H25N3O2/c1-5-7-13(4)16-15(20)18-9-6-8-17(10-11-18)14(19)12(2)3/h1,12-13H,6-11H2,2-4H3,(H,16,20). The maximum Gasteiger partial charge on any atom is 0.317 e. The van der Waals surface area contributed by atoms with Crippen LogP contribution in [0.5, 0.6) is 0 Å². The predicted molar refractivity (Wildman–Crippen MR) is 79.1 cm³/mol. The molecule has 1 rings (SSSR count). The molecule has 0 aromatic rings. The molecule has 5 heteroatoms. The Labute approximate surface area is 121 Å². The minimum atomic E-state index is -0.0911. The van der Waals surface area contributed by atoms with Crippen molar-refractivity contribution in [1.29, 1.82) is 0 Å². The Bertz CT molecular complexity index is 387. The highest BCUT2D eigenvalue weighted by molar-refractivity contribution is 5.78. The third-order valence-corrected chi connectivity index (χ3v) is 3.38. The Kier molecular flexibility index (Phi) is 6.37. The molecule has 0 spiro atoms. The van der Waals surface area contributed by atoms with Crippen LogP contribution in [0.3, 0.4) is 0 Å². The van der Waals surface area contributed by atoms with Gasteiger partial charge in [0, 0.05) is 44.6 Å². The quantitative estimate of drug-likeness (QED) is 0.792. The molecule has 3 amide bonds. The molecule has 1 N–H and O–H groups in total. The Morgan fingerprint density at radius 2 is 1.75 bits per heavy atom. The van der Waals surface area contributed by atoms with E-state index in [-0.39, 0.29) is 23.9 Å². The van der Waals surface area contributed by atoms with Crippen LogP contribution in [0.1, 0.15) is 33.6 Å². The number of carbonyl (C=O) groups excluding carboxylic acids is 2. The lowest BCUT2D eigenvalue weighted by atomic mass is 10.2. The smallest absolute Gasteiger partial charge is 0.317 e. The molecule has 1 aliphatic heterocycles. The van der Waals surface area contributed by atoms with Crippen molar-refractivity contribution in [3.63, 3.8) is 0 Å². The predicted octanol–water partition coefficient (Wildman–Crippen LogP) is 1.30. The molecule has 1 heterocycles. The van der Waals surface area contributed by atoms with Crippen molar-refractivity contribution in [3.8, 4) is 12.3 Å². The van der Waals surface area contributed by atoms with Crippen molar-refractivity contribution in [2.75, 3.05) is 26.2 Å². The highest BCUT2D eigenvalue weighted by Crippen LogP contribution is 2.08. The lowest BCUT2D eigenvalue weighted by Crippen LogP contribution is -2.45. The molecule has 0 aliphatic carbocycles. The zero-order valence-corrected chi connectivity index (χ0v) is 12.7. The maximum absolute atomic E-state index is 12.1. The third-order valence-electron chi connectivity index (χ3n) is 3.38. The number of rotatable bonds is 3. The Hall–Kier alpha value is -1.70. The van der Waals surface area contributed by atoms with Gasteiger partial charge >= 0.3 is 6.03 Å². The van der Waals surface area contributed by atoms with Gasteiger partial charge in [-0.05, 0) is 13.3 Å². The van der Waals surface area contributed by atoms with Crippen LogP contribution in [-0.2, 0) is 4.79 Å². The molecule has 0 aromatic carbocycles. The Morgan fingerprint density at radius 3 is 2.35 bits per heavy atom. The number of hydrogen-bond donors (Lipinski definition) is 1. The normalized spacial score (nSPS) is 17.4. The van der Waals surface area contributed by atoms with Gasteiger partial charge < -0.3 is 15.1 Å². The van der Waals surface area contributed by atoms with Gasteiger partial charge in [-0.3, -0.25) is 4.79 Å². The number of urea groups is 1. The first kappa shape index (κ1) is 16.4. The van der Waals surface area contributed by atoms with Gasteiger partial charge in [-0.2, -0.15) is 0 Å². The lowest BCUT2D eigenvalue weighted by Gasteiger charge is -2.24. The summed E-state index contributed by atoms with van der Waals surface area (Å²) < 4.78 is 0. The number of nitrogens with one attached hydrogen (secondary N) is 1. The van der Waals surface area contributed by atoms with Gasteiger partial charge in [-0.1, -0.05) is 13.8 Å². The van der Waals surface area contributed by atoms with Gasteiger partial charge in [0.2, 0.25) is 5.91 Å². The molecule has 5 nitrogen and oxygen atoms in total. The van der Waals surface area contributed by atoms with E-state index in [0.29, 0.717) is 26.1 Å². The van der Waals surface area contributed by atoms with Crippen molar-refractivity contribution < 1.29 is 9.59 Å². The average molecular weight is 279 g/mol. The fourth-order valence-corrected chi connectivity index (χ4v) is 2.24. The zero-order valence-electron chi connectivity index (χ0n) is 12.7. The Morgan fingerprint density at radius 1 is 1.15 bits per heavy atom. The van der Waals surface area contributed by atoms with Crippen molar-refractivity contribution in [2.24, 2.45) is 5.92 Å². The number of terminal acetylenes is 1. The van der Waals surface area contributed by atoms with E-state index in [9.17, 15) is 9.59 Å². The van der Waals surface area contributed by atoms with Crippen LogP contribution < -0.4 is 5.32 Å². The van der Waals surface area contributed by atoms with E-state index in [1.165, 1.54) is 0 Å². The first-order valence-corrected chi connectivity index (χ1v) is 7.23. The van der Waals surface area contributed by atoms with Gasteiger partial charge in [0.15, 0.2) is 0 Å². The van der Waals surface area contributed by atoms with E-state index in [1.54, 1.807) is 4.90 Å². The fraction of sp³-hybridized carbons (Fsp3) is 0.733. The molecule has 0 radical (unpaired) electrons. The zero-order chi connectivity index (χ0) is 15.1. The largest absolute Gasteiger partial charge is 0.341 e. The number of hydrogen-bond acceptors (Lipinski definition) is 2. The number of carbonyl (C=O) groups is 2. The summed E-state index contributed by atoms with van der Waals surface area (Å²) in [5, 5.41) is 2.89. The minimum absolute atomic E-state index is 0.00558. The third kappa shape index (κ3) is 4.76. The second-order valence-electron chi connectivity index (χ2n) is 5.58. The SMILES string of the molecule is C#CCC(C)NC(=O)N1CCCN(C(=O)C(C)C)CC1. The summed E-state index contributed by atoms with van der Waals surface area (Å²) in [7, 11) is 0. The second kappa shape index (κ2) is 7.78. The Balaban J connectivity index is 2.49. The van der Waals surface area contributed by atoms with Crippen LogP contribution in [0.2, 0.25) is 0 Å². The topological polar surface area (TPSA) is 52.7 Å². The van der Waals surface area contributed by atoms with Crippen LogP contribution in [0.25, 0.3) is 0 Å². The minimum Gasteiger partial charge on any atom is -0.341 e. The van der Waals surface area contributed by atoms with E-state index < -0.39 is 0 Å². The molecular weight excluding hydrogens is 254 g/mol. The summed E-state index contributed by atoms with van der Waals surface area (Å²) in [6, 6.07) is -0.115. The van der Waals surface area contributed by atoms with E-state index in [2.05, 4.69) is 11.2 Å². The summed E-state index contributed by atoms with van der Waals surface area (Å²) >= 11 is 0. The van der Waals surface area contributed by atoms with Gasteiger partial charge in [0.1, 0.15) is 0 Å². The molecule has 20 heavy (non-hydrogen) atoms. The lowest BCUT2D eigenvalue weighted by molar-refractivity contribution is -0.134. The molecule has 0 saturated carbocycles. The van der Waals surface area contributed by atoms with Crippen molar-refractivity contribution in [2.45, 2.75) is 39.7 Å². The molecule has 0 bridgehead atoms. The van der Waals surface area contributed by atoms with Gasteiger partial charge in [-0.25, -0.2) is 4.79 Å². The van der Waals surface area contributed by atoms with E-state index in [1.807, 2.05) is 25.7 Å². The first-order valence-electron chi connectivity index (χ1n) is 7.23. The molecular formula is C15H25N3O2. The van der Waals surface area contributed by atoms with Crippen molar-refractivity contribution in [3.05, 3.63) is 0 Å². The highest BCUT2D eigenvalue weighted by atomic mass is 16.2. The first-order chi connectivity index (χ1) is 9.45. The van der Waals surface area contributed by atoms with Crippen molar-refractivity contribution >= 4 is 11.9 Å². The van der Waals surface area contributed by atoms with Crippen LogP contribution in [-0.4, -0.2) is 54.0 Å². The number of nitrogens with zero attached hydrogens (tertiary/aromatic N) is 2. The molecule has 1 atom stereocenters. The number of amides is 3. The maximum atomic E-state index is 12.1. The van der Waals surface area contributed by atoms with E-state index >= 15 is 0 Å². The van der Waals surface area contributed by atoms with Gasteiger partial charge in [-0.15, -0.1) is 12.3 Å². The summed E-state index contributed by atoms with van der Waals surface area (Å²) in [6.07, 6.45) is 6.57. The van der Waals surface area contributed by atoms with E-state index in [0.717, 1.165) is 13.0 Å². The molecule has 1 saturated heterocycles.